The number of Topliss-reactive ketones (excluding diaryl/α,β-unsaturated/α-hetero) is 1. The summed E-state index contributed by atoms with van der Waals surface area (Å²) < 4.78 is 5.91. The van der Waals surface area contributed by atoms with Gasteiger partial charge in [0.05, 0.1) is 11.1 Å². The summed E-state index contributed by atoms with van der Waals surface area (Å²) in [5.74, 6) is 1.13. The van der Waals surface area contributed by atoms with Gasteiger partial charge in [-0.3, -0.25) is 4.79 Å². The number of carbonyl (C=O) groups excluding carboxylic acids is 1. The molecule has 1 N–H and O–H groups in total. The number of phenols is 1. The van der Waals surface area contributed by atoms with Crippen LogP contribution < -0.4 is 0 Å². The third kappa shape index (κ3) is 2.53. The van der Waals surface area contributed by atoms with E-state index < -0.39 is 0 Å². The molecule has 0 saturated heterocycles. The maximum Gasteiger partial charge on any atom is 0.166 e. The van der Waals surface area contributed by atoms with Gasteiger partial charge in [-0.05, 0) is 18.2 Å². The Hall–Kier alpha value is -2.81. The van der Waals surface area contributed by atoms with E-state index in [0.717, 1.165) is 5.56 Å². The van der Waals surface area contributed by atoms with Gasteiger partial charge < -0.3 is 9.52 Å². The first-order valence-electron chi connectivity index (χ1n) is 7.21. The Balaban J connectivity index is 2.19. The molecule has 1 heterocycles. The fourth-order valence-corrected chi connectivity index (χ4v) is 2.40. The van der Waals surface area contributed by atoms with E-state index in [1.54, 1.807) is 30.3 Å². The van der Waals surface area contributed by atoms with Crippen LogP contribution in [0.4, 0.5) is 0 Å². The lowest BCUT2D eigenvalue weighted by molar-refractivity contribution is 0.0988. The topological polar surface area (TPSA) is 50.4 Å². The molecule has 0 amide bonds. The van der Waals surface area contributed by atoms with Crippen molar-refractivity contribution in [1.82, 2.24) is 0 Å². The molecule has 0 atom stereocenters. The highest BCUT2D eigenvalue weighted by Gasteiger charge is 2.20. The molecular weight excluding hydrogens is 276 g/mol. The van der Waals surface area contributed by atoms with Gasteiger partial charge in [0.15, 0.2) is 5.78 Å². The highest BCUT2D eigenvalue weighted by Crippen LogP contribution is 2.37. The number of benzene rings is 2. The van der Waals surface area contributed by atoms with Crippen LogP contribution in [0.2, 0.25) is 0 Å². The van der Waals surface area contributed by atoms with Crippen LogP contribution in [0.5, 0.6) is 5.75 Å². The van der Waals surface area contributed by atoms with Crippen molar-refractivity contribution in [3.05, 3.63) is 66.2 Å². The zero-order valence-corrected chi connectivity index (χ0v) is 12.2. The highest BCUT2D eigenvalue weighted by atomic mass is 16.3. The van der Waals surface area contributed by atoms with Crippen LogP contribution in [0.25, 0.3) is 22.6 Å². The molecular formula is C19H16O3. The summed E-state index contributed by atoms with van der Waals surface area (Å²) in [6.45, 7) is 1.81. The van der Waals surface area contributed by atoms with E-state index in [-0.39, 0.29) is 11.5 Å². The lowest BCUT2D eigenvalue weighted by Crippen LogP contribution is -1.96. The van der Waals surface area contributed by atoms with Crippen molar-refractivity contribution in [2.45, 2.75) is 13.3 Å². The summed E-state index contributed by atoms with van der Waals surface area (Å²) in [4.78, 5) is 12.2. The van der Waals surface area contributed by atoms with Crippen LogP contribution in [-0.2, 0) is 0 Å². The standard InChI is InChI=1S/C19H16O3/c1-2-16(20)15-12-18(13-8-4-3-5-9-13)22-19(15)14-10-6-7-11-17(14)21/h3-12,21H,2H2,1H3. The molecule has 0 aliphatic heterocycles. The summed E-state index contributed by atoms with van der Waals surface area (Å²) in [6, 6.07) is 18.2. The molecule has 0 unspecified atom stereocenters. The van der Waals surface area contributed by atoms with Crippen LogP contribution in [0, 0.1) is 0 Å². The van der Waals surface area contributed by atoms with Crippen molar-refractivity contribution in [1.29, 1.82) is 0 Å². The van der Waals surface area contributed by atoms with E-state index in [1.165, 1.54) is 0 Å². The van der Waals surface area contributed by atoms with Gasteiger partial charge in [0, 0.05) is 12.0 Å². The van der Waals surface area contributed by atoms with E-state index in [2.05, 4.69) is 0 Å². The van der Waals surface area contributed by atoms with Crippen molar-refractivity contribution in [3.8, 4) is 28.4 Å². The van der Waals surface area contributed by atoms with Gasteiger partial charge in [0.1, 0.15) is 17.3 Å². The van der Waals surface area contributed by atoms with Gasteiger partial charge in [-0.15, -0.1) is 0 Å². The molecule has 3 heteroatoms. The first-order chi connectivity index (χ1) is 10.7. The van der Waals surface area contributed by atoms with E-state index in [9.17, 15) is 9.90 Å². The first-order valence-corrected chi connectivity index (χ1v) is 7.21. The van der Waals surface area contributed by atoms with Gasteiger partial charge in [-0.1, -0.05) is 49.4 Å². The molecule has 110 valence electrons. The number of hydrogen-bond acceptors (Lipinski definition) is 3. The monoisotopic (exact) mass is 292 g/mol. The number of hydrogen-bond donors (Lipinski definition) is 1. The Kier molecular flexibility index (Phi) is 3.79. The molecule has 0 bridgehead atoms. The Bertz CT molecular complexity index is 801. The number of aromatic hydroxyl groups is 1. The Morgan fingerprint density at radius 3 is 2.41 bits per heavy atom. The summed E-state index contributed by atoms with van der Waals surface area (Å²) in [7, 11) is 0. The molecule has 3 nitrogen and oxygen atoms in total. The Labute approximate surface area is 128 Å². The van der Waals surface area contributed by atoms with Crippen molar-refractivity contribution in [2.75, 3.05) is 0 Å². The summed E-state index contributed by atoms with van der Waals surface area (Å²) in [5.41, 5.74) is 1.93. The van der Waals surface area contributed by atoms with Crippen LogP contribution in [0.15, 0.2) is 65.1 Å². The van der Waals surface area contributed by atoms with E-state index in [0.29, 0.717) is 29.1 Å². The minimum Gasteiger partial charge on any atom is -0.507 e. The zero-order chi connectivity index (χ0) is 15.5. The molecule has 3 rings (SSSR count). The van der Waals surface area contributed by atoms with Crippen molar-refractivity contribution >= 4 is 5.78 Å². The van der Waals surface area contributed by atoms with E-state index in [4.69, 9.17) is 4.42 Å². The second kappa shape index (κ2) is 5.90. The molecule has 3 aromatic rings. The molecule has 0 fully saturated rings. The van der Waals surface area contributed by atoms with Crippen molar-refractivity contribution in [2.24, 2.45) is 0 Å². The van der Waals surface area contributed by atoms with Gasteiger partial charge in [-0.2, -0.15) is 0 Å². The molecule has 0 radical (unpaired) electrons. The Morgan fingerprint density at radius 2 is 1.73 bits per heavy atom. The minimum absolute atomic E-state index is 0.0100. The predicted octanol–water partition coefficient (Wildman–Crippen LogP) is 4.91. The van der Waals surface area contributed by atoms with Crippen molar-refractivity contribution < 1.29 is 14.3 Å². The lowest BCUT2D eigenvalue weighted by Gasteiger charge is -2.03. The number of ketones is 1. The summed E-state index contributed by atoms with van der Waals surface area (Å²) >= 11 is 0. The smallest absolute Gasteiger partial charge is 0.166 e. The zero-order valence-electron chi connectivity index (χ0n) is 12.2. The van der Waals surface area contributed by atoms with Gasteiger partial charge in [0.25, 0.3) is 0 Å². The van der Waals surface area contributed by atoms with Gasteiger partial charge >= 0.3 is 0 Å². The maximum atomic E-state index is 12.2. The van der Waals surface area contributed by atoms with E-state index >= 15 is 0 Å². The third-order valence-electron chi connectivity index (χ3n) is 3.56. The second-order valence-electron chi connectivity index (χ2n) is 5.01. The third-order valence-corrected chi connectivity index (χ3v) is 3.56. The molecule has 1 aromatic heterocycles. The average Bonchev–Trinajstić information content (AvgIpc) is 3.00. The number of furan rings is 1. The van der Waals surface area contributed by atoms with Crippen LogP contribution in [-0.4, -0.2) is 10.9 Å². The molecule has 0 saturated carbocycles. The van der Waals surface area contributed by atoms with Crippen LogP contribution >= 0.6 is 0 Å². The lowest BCUT2D eigenvalue weighted by atomic mass is 10.0. The quantitative estimate of drug-likeness (QED) is 0.695. The second-order valence-corrected chi connectivity index (χ2v) is 5.01. The fraction of sp³-hybridized carbons (Fsp3) is 0.105. The fourth-order valence-electron chi connectivity index (χ4n) is 2.40. The minimum atomic E-state index is -0.0100. The number of para-hydroxylation sites is 1. The van der Waals surface area contributed by atoms with Crippen molar-refractivity contribution in [3.63, 3.8) is 0 Å². The normalized spacial score (nSPS) is 10.6. The number of rotatable bonds is 4. The summed E-state index contributed by atoms with van der Waals surface area (Å²) in [5, 5.41) is 10.1. The molecule has 0 spiro atoms. The van der Waals surface area contributed by atoms with E-state index in [1.807, 2.05) is 37.3 Å². The van der Waals surface area contributed by atoms with Gasteiger partial charge in [-0.25, -0.2) is 0 Å². The average molecular weight is 292 g/mol. The largest absolute Gasteiger partial charge is 0.507 e. The van der Waals surface area contributed by atoms with Gasteiger partial charge in [0.2, 0.25) is 0 Å². The van der Waals surface area contributed by atoms with Crippen LogP contribution in [0.1, 0.15) is 23.7 Å². The van der Waals surface area contributed by atoms with Crippen LogP contribution in [0.3, 0.4) is 0 Å². The Morgan fingerprint density at radius 1 is 1.05 bits per heavy atom. The maximum absolute atomic E-state index is 12.2. The number of phenolic OH excluding ortho intramolecular Hbond substituents is 1. The number of carbonyl (C=O) groups is 1. The SMILES string of the molecule is CCC(=O)c1cc(-c2ccccc2)oc1-c1ccccc1O. The summed E-state index contributed by atoms with van der Waals surface area (Å²) in [6.07, 6.45) is 0.383. The molecule has 0 aliphatic carbocycles. The molecule has 2 aromatic carbocycles. The first kappa shape index (κ1) is 14.1. The molecule has 22 heavy (non-hydrogen) atoms. The molecule has 0 aliphatic rings. The predicted molar refractivity (Wildman–Crippen MR) is 85.9 cm³/mol. The highest BCUT2D eigenvalue weighted by molar-refractivity contribution is 6.02.